The molecule has 1 N–H and O–H groups in total. The third kappa shape index (κ3) is 5.59. The summed E-state index contributed by atoms with van der Waals surface area (Å²) >= 11 is 0. The summed E-state index contributed by atoms with van der Waals surface area (Å²) < 4.78 is 5.78. The van der Waals surface area contributed by atoms with Crippen LogP contribution in [0.2, 0.25) is 0 Å². The summed E-state index contributed by atoms with van der Waals surface area (Å²) in [7, 11) is 0. The minimum absolute atomic E-state index is 0.442. The highest BCUT2D eigenvalue weighted by Crippen LogP contribution is 2.25. The highest BCUT2D eigenvalue weighted by atomic mass is 16.5. The molecule has 1 aromatic carbocycles. The Labute approximate surface area is 140 Å². The van der Waals surface area contributed by atoms with Crippen molar-refractivity contribution in [3.05, 3.63) is 48.2 Å². The minimum atomic E-state index is 0.442. The van der Waals surface area contributed by atoms with Gasteiger partial charge < -0.3 is 10.1 Å². The molecule has 0 bridgehead atoms. The highest BCUT2D eigenvalue weighted by Gasteiger charge is 2.07. The number of ether oxygens (including phenoxy) is 1. The Kier molecular flexibility index (Phi) is 6.92. The number of aromatic nitrogens is 1. The molecule has 23 heavy (non-hydrogen) atoms. The van der Waals surface area contributed by atoms with Crippen LogP contribution in [0.3, 0.4) is 0 Å². The van der Waals surface area contributed by atoms with Gasteiger partial charge in [-0.25, -0.2) is 4.98 Å². The Bertz CT molecular complexity index is 578. The Morgan fingerprint density at radius 3 is 2.52 bits per heavy atom. The van der Waals surface area contributed by atoms with Crippen LogP contribution in [-0.2, 0) is 0 Å². The second-order valence-corrected chi connectivity index (χ2v) is 6.15. The second-order valence-electron chi connectivity index (χ2n) is 6.15. The molecule has 0 aliphatic carbocycles. The predicted molar refractivity (Wildman–Crippen MR) is 97.7 cm³/mol. The molecule has 0 saturated carbocycles. The third-order valence-corrected chi connectivity index (χ3v) is 3.84. The summed E-state index contributed by atoms with van der Waals surface area (Å²) in [4.78, 5) is 4.45. The highest BCUT2D eigenvalue weighted by molar-refractivity contribution is 5.60. The molecule has 0 fully saturated rings. The van der Waals surface area contributed by atoms with E-state index in [-0.39, 0.29) is 0 Å². The van der Waals surface area contributed by atoms with Gasteiger partial charge in [-0.1, -0.05) is 46.1 Å². The SMILES string of the molecule is CCCCCCOc1ccc(Nc2ncccc2C(C)C)cc1. The number of benzene rings is 1. The van der Waals surface area contributed by atoms with Crippen molar-refractivity contribution >= 4 is 11.5 Å². The van der Waals surface area contributed by atoms with E-state index >= 15 is 0 Å². The normalized spacial score (nSPS) is 10.8. The first-order valence-corrected chi connectivity index (χ1v) is 8.65. The van der Waals surface area contributed by atoms with Gasteiger partial charge in [0.05, 0.1) is 6.61 Å². The summed E-state index contributed by atoms with van der Waals surface area (Å²) in [5, 5.41) is 3.40. The van der Waals surface area contributed by atoms with Crippen LogP contribution in [0, 0.1) is 0 Å². The Morgan fingerprint density at radius 2 is 1.83 bits per heavy atom. The van der Waals surface area contributed by atoms with Crippen LogP contribution in [-0.4, -0.2) is 11.6 Å². The fourth-order valence-corrected chi connectivity index (χ4v) is 2.48. The van der Waals surface area contributed by atoms with Crippen molar-refractivity contribution in [3.63, 3.8) is 0 Å². The molecule has 3 nitrogen and oxygen atoms in total. The third-order valence-electron chi connectivity index (χ3n) is 3.84. The zero-order chi connectivity index (χ0) is 16.5. The molecule has 0 aliphatic heterocycles. The van der Waals surface area contributed by atoms with Crippen molar-refractivity contribution in [2.75, 3.05) is 11.9 Å². The summed E-state index contributed by atoms with van der Waals surface area (Å²) in [6, 6.07) is 12.2. The van der Waals surface area contributed by atoms with Crippen molar-refractivity contribution in [1.29, 1.82) is 0 Å². The maximum Gasteiger partial charge on any atom is 0.133 e. The molecule has 0 amide bonds. The van der Waals surface area contributed by atoms with Gasteiger partial charge in [-0.15, -0.1) is 0 Å². The average Bonchev–Trinajstić information content (AvgIpc) is 2.56. The molecular formula is C20H28N2O. The Hall–Kier alpha value is -2.03. The molecule has 124 valence electrons. The number of hydrogen-bond donors (Lipinski definition) is 1. The van der Waals surface area contributed by atoms with Crippen molar-refractivity contribution in [1.82, 2.24) is 4.98 Å². The van der Waals surface area contributed by atoms with Gasteiger partial charge in [-0.3, -0.25) is 0 Å². The molecule has 1 aromatic heterocycles. The fraction of sp³-hybridized carbons (Fsp3) is 0.450. The van der Waals surface area contributed by atoms with E-state index in [9.17, 15) is 0 Å². The molecule has 1 heterocycles. The fourth-order valence-electron chi connectivity index (χ4n) is 2.48. The number of nitrogens with zero attached hydrogens (tertiary/aromatic N) is 1. The largest absolute Gasteiger partial charge is 0.494 e. The van der Waals surface area contributed by atoms with E-state index in [1.807, 2.05) is 36.5 Å². The predicted octanol–water partition coefficient (Wildman–Crippen LogP) is 5.91. The number of pyridine rings is 1. The molecule has 0 unspecified atom stereocenters. The maximum absolute atomic E-state index is 5.78. The molecule has 0 atom stereocenters. The lowest BCUT2D eigenvalue weighted by molar-refractivity contribution is 0.305. The van der Waals surface area contributed by atoms with Gasteiger partial charge in [-0.05, 0) is 48.2 Å². The van der Waals surface area contributed by atoms with E-state index < -0.39 is 0 Å². The first-order chi connectivity index (χ1) is 11.2. The van der Waals surface area contributed by atoms with E-state index in [0.717, 1.165) is 30.3 Å². The number of hydrogen-bond acceptors (Lipinski definition) is 3. The van der Waals surface area contributed by atoms with Crippen LogP contribution in [0.4, 0.5) is 11.5 Å². The van der Waals surface area contributed by atoms with Crippen molar-refractivity contribution in [2.45, 2.75) is 52.4 Å². The van der Waals surface area contributed by atoms with Gasteiger partial charge in [0.2, 0.25) is 0 Å². The summed E-state index contributed by atoms with van der Waals surface area (Å²) in [5.74, 6) is 2.30. The molecule has 2 rings (SSSR count). The van der Waals surface area contributed by atoms with Crippen molar-refractivity contribution < 1.29 is 4.74 Å². The van der Waals surface area contributed by atoms with Gasteiger partial charge in [0.15, 0.2) is 0 Å². The van der Waals surface area contributed by atoms with Crippen LogP contribution in [0.1, 0.15) is 57.9 Å². The first-order valence-electron chi connectivity index (χ1n) is 8.65. The van der Waals surface area contributed by atoms with Gasteiger partial charge >= 0.3 is 0 Å². The molecule has 0 saturated heterocycles. The number of anilines is 2. The van der Waals surface area contributed by atoms with Gasteiger partial charge in [0.25, 0.3) is 0 Å². The zero-order valence-corrected chi connectivity index (χ0v) is 14.5. The quantitative estimate of drug-likeness (QED) is 0.585. The average molecular weight is 312 g/mol. The standard InChI is InChI=1S/C20H28N2O/c1-4-5-6-7-15-23-18-12-10-17(11-13-18)22-20-19(16(2)3)9-8-14-21-20/h8-14,16H,4-7,15H2,1-3H3,(H,21,22). The molecule has 2 aromatic rings. The van der Waals surface area contributed by atoms with Crippen LogP contribution < -0.4 is 10.1 Å². The van der Waals surface area contributed by atoms with E-state index in [1.165, 1.54) is 24.8 Å². The lowest BCUT2D eigenvalue weighted by atomic mass is 10.0. The molecule has 0 aliphatic rings. The van der Waals surface area contributed by atoms with Crippen molar-refractivity contribution in [3.8, 4) is 5.75 Å². The van der Waals surface area contributed by atoms with E-state index in [1.54, 1.807) is 0 Å². The van der Waals surface area contributed by atoms with E-state index in [4.69, 9.17) is 4.74 Å². The topological polar surface area (TPSA) is 34.1 Å². The monoisotopic (exact) mass is 312 g/mol. The molecule has 0 radical (unpaired) electrons. The van der Waals surface area contributed by atoms with Crippen LogP contribution >= 0.6 is 0 Å². The van der Waals surface area contributed by atoms with Crippen molar-refractivity contribution in [2.24, 2.45) is 0 Å². The van der Waals surface area contributed by atoms with Crippen LogP contribution in [0.25, 0.3) is 0 Å². The number of rotatable bonds is 9. The van der Waals surface area contributed by atoms with E-state index in [2.05, 4.69) is 37.1 Å². The molecule has 3 heteroatoms. The number of nitrogens with one attached hydrogen (secondary N) is 1. The molecule has 0 spiro atoms. The summed E-state index contributed by atoms with van der Waals surface area (Å²) in [6.07, 6.45) is 6.73. The Balaban J connectivity index is 1.90. The van der Waals surface area contributed by atoms with E-state index in [0.29, 0.717) is 5.92 Å². The Morgan fingerprint density at radius 1 is 1.04 bits per heavy atom. The lowest BCUT2D eigenvalue weighted by Crippen LogP contribution is -2.00. The first kappa shape index (κ1) is 17.3. The van der Waals surface area contributed by atoms with Crippen LogP contribution in [0.15, 0.2) is 42.6 Å². The summed E-state index contributed by atoms with van der Waals surface area (Å²) in [5.41, 5.74) is 2.26. The van der Waals surface area contributed by atoms with Gasteiger partial charge in [0, 0.05) is 11.9 Å². The maximum atomic E-state index is 5.78. The smallest absolute Gasteiger partial charge is 0.133 e. The van der Waals surface area contributed by atoms with Gasteiger partial charge in [-0.2, -0.15) is 0 Å². The lowest BCUT2D eigenvalue weighted by Gasteiger charge is -2.13. The van der Waals surface area contributed by atoms with Crippen LogP contribution in [0.5, 0.6) is 5.75 Å². The molecular weight excluding hydrogens is 284 g/mol. The summed E-state index contributed by atoms with van der Waals surface area (Å²) in [6.45, 7) is 7.37. The zero-order valence-electron chi connectivity index (χ0n) is 14.5. The minimum Gasteiger partial charge on any atom is -0.494 e. The second kappa shape index (κ2) is 9.19. The number of unbranched alkanes of at least 4 members (excludes halogenated alkanes) is 3. The van der Waals surface area contributed by atoms with Gasteiger partial charge in [0.1, 0.15) is 11.6 Å².